The van der Waals surface area contributed by atoms with E-state index in [1.165, 1.54) is 11.9 Å². The van der Waals surface area contributed by atoms with Crippen LogP contribution in [0, 0.1) is 6.92 Å². The molecule has 0 radical (unpaired) electrons. The van der Waals surface area contributed by atoms with Gasteiger partial charge in [-0.05, 0) is 31.0 Å². The van der Waals surface area contributed by atoms with Crippen LogP contribution in [0.4, 0.5) is 8.78 Å². The van der Waals surface area contributed by atoms with E-state index >= 15 is 0 Å². The van der Waals surface area contributed by atoms with Crippen molar-refractivity contribution >= 4 is 11.9 Å². The molecule has 0 spiro atoms. The van der Waals surface area contributed by atoms with Gasteiger partial charge in [0.2, 0.25) is 0 Å². The summed E-state index contributed by atoms with van der Waals surface area (Å²) in [5, 5.41) is 0. The van der Waals surface area contributed by atoms with E-state index in [-0.39, 0.29) is 6.54 Å². The Hall–Kier alpha value is -0.610. The number of nitrogens with one attached hydrogen (secondary N) is 1. The minimum absolute atomic E-state index is 0.314. The summed E-state index contributed by atoms with van der Waals surface area (Å²) in [5.74, 6) is -2.66. The predicted molar refractivity (Wildman–Crippen MR) is 67.0 cm³/mol. The second kappa shape index (κ2) is 7.63. The quantitative estimate of drug-likeness (QED) is 0.797. The van der Waals surface area contributed by atoms with E-state index < -0.39 is 5.92 Å². The Balaban J connectivity index is 0.00000106. The van der Waals surface area contributed by atoms with Crippen LogP contribution >= 0.6 is 11.9 Å². The number of alkyl halides is 2. The summed E-state index contributed by atoms with van der Waals surface area (Å²) in [6.45, 7) is 6.57. The molecule has 0 aliphatic rings. The highest BCUT2D eigenvalue weighted by Gasteiger charge is 2.19. The van der Waals surface area contributed by atoms with Crippen LogP contribution in [0.5, 0.6) is 0 Å². The zero-order valence-electron chi connectivity index (χ0n) is 10.2. The number of hydrogen-bond donors (Lipinski definition) is 1. The molecule has 1 aromatic carbocycles. The highest BCUT2D eigenvalue weighted by atomic mass is 32.2. The minimum atomic E-state index is -2.66. The Kier molecular flexibility index (Phi) is 7.34. The number of hydrogen-bond acceptors (Lipinski definition) is 2. The van der Waals surface area contributed by atoms with Crippen LogP contribution < -0.4 is 4.72 Å². The lowest BCUT2D eigenvalue weighted by Gasteiger charge is -2.10. The Morgan fingerprint density at radius 2 is 1.69 bits per heavy atom. The van der Waals surface area contributed by atoms with Gasteiger partial charge in [0.1, 0.15) is 0 Å². The number of benzene rings is 1. The van der Waals surface area contributed by atoms with E-state index in [0.717, 1.165) is 17.4 Å². The van der Waals surface area contributed by atoms with Gasteiger partial charge in [0, 0.05) is 11.8 Å². The molecule has 0 fully saturated rings. The summed E-state index contributed by atoms with van der Waals surface area (Å²) in [4.78, 5) is 0.944. The van der Waals surface area contributed by atoms with Crippen LogP contribution in [0.2, 0.25) is 0 Å². The molecule has 0 aromatic heterocycles. The van der Waals surface area contributed by atoms with Crippen molar-refractivity contribution in [2.75, 3.05) is 6.54 Å². The molecule has 0 aliphatic carbocycles. The van der Waals surface area contributed by atoms with Crippen molar-refractivity contribution in [2.45, 2.75) is 38.5 Å². The Morgan fingerprint density at radius 1 is 1.19 bits per heavy atom. The number of halogens is 2. The van der Waals surface area contributed by atoms with Crippen LogP contribution in [0.15, 0.2) is 29.2 Å². The fourth-order valence-corrected chi connectivity index (χ4v) is 1.62. The van der Waals surface area contributed by atoms with Crippen molar-refractivity contribution in [3.8, 4) is 0 Å². The minimum Gasteiger partial charge on any atom is -0.254 e. The normalized spacial score (nSPS) is 10.6. The van der Waals surface area contributed by atoms with E-state index in [2.05, 4.69) is 4.72 Å². The van der Waals surface area contributed by atoms with Crippen molar-refractivity contribution in [2.24, 2.45) is 0 Å². The molecule has 92 valence electrons. The highest BCUT2D eigenvalue weighted by molar-refractivity contribution is 7.97. The molecule has 0 bridgehead atoms. The van der Waals surface area contributed by atoms with Gasteiger partial charge in [0.05, 0.1) is 6.54 Å². The third kappa shape index (κ3) is 7.65. The first-order valence-electron chi connectivity index (χ1n) is 5.31. The zero-order valence-corrected chi connectivity index (χ0v) is 11.0. The van der Waals surface area contributed by atoms with E-state index in [1.54, 1.807) is 0 Å². The molecule has 1 rings (SSSR count). The smallest absolute Gasteiger partial charge is 0.254 e. The first kappa shape index (κ1) is 15.4. The Labute approximate surface area is 101 Å². The molecule has 0 atom stereocenters. The van der Waals surface area contributed by atoms with Crippen LogP contribution in [-0.4, -0.2) is 12.5 Å². The molecule has 0 saturated carbocycles. The molecule has 4 heteroatoms. The molecular formula is C12H19F2NS. The molecule has 0 heterocycles. The maximum absolute atomic E-state index is 12.4. The van der Waals surface area contributed by atoms with Crippen molar-refractivity contribution in [1.82, 2.24) is 4.72 Å². The van der Waals surface area contributed by atoms with Gasteiger partial charge in [-0.25, -0.2) is 8.78 Å². The molecule has 1 aromatic rings. The van der Waals surface area contributed by atoms with Gasteiger partial charge >= 0.3 is 0 Å². The predicted octanol–water partition coefficient (Wildman–Crippen LogP) is 4.27. The first-order valence-corrected chi connectivity index (χ1v) is 6.13. The maximum Gasteiger partial charge on any atom is 0.258 e. The van der Waals surface area contributed by atoms with Gasteiger partial charge in [0.15, 0.2) is 0 Å². The standard InChI is InChI=1S/C10H13F2NS.C2H6/c1-8-3-5-9(6-4-8)14-13-7-10(2,11)12;1-2/h3-6,13H,7H2,1-2H3;1-2H3. The lowest BCUT2D eigenvalue weighted by atomic mass is 10.2. The largest absolute Gasteiger partial charge is 0.258 e. The SMILES string of the molecule is CC.Cc1ccc(SNCC(C)(F)F)cc1. The highest BCUT2D eigenvalue weighted by Crippen LogP contribution is 2.17. The summed E-state index contributed by atoms with van der Waals surface area (Å²) >= 11 is 1.23. The first-order chi connectivity index (χ1) is 7.47. The van der Waals surface area contributed by atoms with Crippen LogP contribution in [0.3, 0.4) is 0 Å². The van der Waals surface area contributed by atoms with E-state index in [1.807, 2.05) is 45.0 Å². The summed E-state index contributed by atoms with van der Waals surface area (Å²) in [7, 11) is 0. The maximum atomic E-state index is 12.4. The van der Waals surface area contributed by atoms with Crippen LogP contribution in [-0.2, 0) is 0 Å². The van der Waals surface area contributed by atoms with Gasteiger partial charge in [-0.15, -0.1) is 0 Å². The second-order valence-corrected chi connectivity index (χ2v) is 4.27. The summed E-state index contributed by atoms with van der Waals surface area (Å²) in [6.07, 6.45) is 0. The lowest BCUT2D eigenvalue weighted by Crippen LogP contribution is -2.25. The van der Waals surface area contributed by atoms with Crippen LogP contribution in [0.1, 0.15) is 26.3 Å². The Morgan fingerprint density at radius 3 is 2.12 bits per heavy atom. The third-order valence-corrected chi connectivity index (χ3v) is 2.39. The molecule has 16 heavy (non-hydrogen) atoms. The monoisotopic (exact) mass is 247 g/mol. The zero-order chi connectivity index (χ0) is 12.6. The fraction of sp³-hybridized carbons (Fsp3) is 0.500. The molecule has 1 nitrogen and oxygen atoms in total. The van der Waals surface area contributed by atoms with Crippen molar-refractivity contribution in [3.05, 3.63) is 29.8 Å². The van der Waals surface area contributed by atoms with E-state index in [9.17, 15) is 8.78 Å². The summed E-state index contributed by atoms with van der Waals surface area (Å²) in [5.41, 5.74) is 1.16. The van der Waals surface area contributed by atoms with Crippen LogP contribution in [0.25, 0.3) is 0 Å². The Bertz CT molecular complexity index is 280. The van der Waals surface area contributed by atoms with Crippen molar-refractivity contribution in [1.29, 1.82) is 0 Å². The van der Waals surface area contributed by atoms with Gasteiger partial charge in [-0.1, -0.05) is 31.5 Å². The molecule has 0 aliphatic heterocycles. The number of rotatable bonds is 4. The lowest BCUT2D eigenvalue weighted by molar-refractivity contribution is 0.0288. The molecule has 0 unspecified atom stereocenters. The summed E-state index contributed by atoms with van der Waals surface area (Å²) in [6, 6.07) is 7.71. The van der Waals surface area contributed by atoms with E-state index in [4.69, 9.17) is 0 Å². The molecular weight excluding hydrogens is 228 g/mol. The van der Waals surface area contributed by atoms with Gasteiger partial charge in [-0.2, -0.15) is 0 Å². The molecule has 1 N–H and O–H groups in total. The van der Waals surface area contributed by atoms with Gasteiger partial charge < -0.3 is 0 Å². The topological polar surface area (TPSA) is 12.0 Å². The molecule has 0 saturated heterocycles. The second-order valence-electron chi connectivity index (χ2n) is 3.31. The average Bonchev–Trinajstić information content (AvgIpc) is 2.22. The van der Waals surface area contributed by atoms with Crippen molar-refractivity contribution in [3.63, 3.8) is 0 Å². The molecule has 0 amide bonds. The fourth-order valence-electron chi connectivity index (χ4n) is 0.852. The number of aryl methyl sites for hydroxylation is 1. The summed E-state index contributed by atoms with van der Waals surface area (Å²) < 4.78 is 27.5. The van der Waals surface area contributed by atoms with Gasteiger partial charge in [-0.3, -0.25) is 4.72 Å². The average molecular weight is 247 g/mol. The van der Waals surface area contributed by atoms with Gasteiger partial charge in [0.25, 0.3) is 5.92 Å². The van der Waals surface area contributed by atoms with E-state index in [0.29, 0.717) is 0 Å². The third-order valence-electron chi connectivity index (χ3n) is 1.59. The van der Waals surface area contributed by atoms with Crippen molar-refractivity contribution < 1.29 is 8.78 Å².